The minimum Gasteiger partial charge on any atom is -0.322 e. The maximum Gasteiger partial charge on any atom is 0.255 e. The quantitative estimate of drug-likeness (QED) is 0.634. The summed E-state index contributed by atoms with van der Waals surface area (Å²) in [5, 5.41) is 6.38. The molecule has 0 aliphatic carbocycles. The van der Waals surface area contributed by atoms with Crippen LogP contribution >= 0.6 is 11.3 Å². The van der Waals surface area contributed by atoms with E-state index in [-0.39, 0.29) is 11.7 Å². The number of halogens is 1. The molecule has 1 N–H and O–H groups in total. The summed E-state index contributed by atoms with van der Waals surface area (Å²) in [5.74, 6) is -0.572. The molecule has 0 saturated carbocycles. The van der Waals surface area contributed by atoms with E-state index in [9.17, 15) is 9.18 Å². The van der Waals surface area contributed by atoms with Crippen molar-refractivity contribution in [3.05, 3.63) is 70.9 Å². The van der Waals surface area contributed by atoms with Crippen molar-refractivity contribution in [1.29, 1.82) is 0 Å². The highest BCUT2D eigenvalue weighted by Gasteiger charge is 2.28. The molecule has 2 aliphatic heterocycles. The first-order valence-electron chi connectivity index (χ1n) is 9.69. The van der Waals surface area contributed by atoms with Gasteiger partial charge in [0.25, 0.3) is 5.91 Å². The average Bonchev–Trinajstić information content (AvgIpc) is 3.34. The van der Waals surface area contributed by atoms with Crippen LogP contribution in [0.3, 0.4) is 0 Å². The van der Waals surface area contributed by atoms with Gasteiger partial charge in [0, 0.05) is 33.9 Å². The first-order valence-corrected chi connectivity index (χ1v) is 10.6. The predicted octanol–water partition coefficient (Wildman–Crippen LogP) is 5.54. The summed E-state index contributed by atoms with van der Waals surface area (Å²) in [5.41, 5.74) is 3.93. The number of carbonyl (C=O) groups is 1. The summed E-state index contributed by atoms with van der Waals surface area (Å²) in [6.45, 7) is 2.26. The topological polar surface area (TPSA) is 32.3 Å². The number of fused-ring (bicyclic) bond motifs is 2. The largest absolute Gasteiger partial charge is 0.322 e. The third-order valence-electron chi connectivity index (χ3n) is 5.81. The van der Waals surface area contributed by atoms with Crippen molar-refractivity contribution in [2.24, 2.45) is 0 Å². The van der Waals surface area contributed by atoms with Gasteiger partial charge in [0.05, 0.1) is 0 Å². The van der Waals surface area contributed by atoms with Crippen LogP contribution in [0.25, 0.3) is 15.7 Å². The molecule has 2 aromatic carbocycles. The normalized spacial score (nSPS) is 19.5. The molecule has 1 atom stereocenters. The van der Waals surface area contributed by atoms with E-state index in [0.717, 1.165) is 18.7 Å². The van der Waals surface area contributed by atoms with Crippen LogP contribution in [0.4, 0.5) is 10.1 Å². The minimum absolute atomic E-state index is 0.227. The number of amides is 1. The predicted molar refractivity (Wildman–Crippen MR) is 113 cm³/mol. The summed E-state index contributed by atoms with van der Waals surface area (Å²) in [6.07, 6.45) is 6.07. The van der Waals surface area contributed by atoms with E-state index in [1.807, 2.05) is 6.07 Å². The number of hydrogen-bond acceptors (Lipinski definition) is 3. The highest BCUT2D eigenvalue weighted by atomic mass is 32.1. The Balaban J connectivity index is 1.42. The third kappa shape index (κ3) is 3.25. The molecule has 2 aliphatic rings. The Morgan fingerprint density at radius 2 is 2.04 bits per heavy atom. The molecule has 0 bridgehead atoms. The molecule has 1 saturated heterocycles. The SMILES string of the molecule is O=C(Nc1ccc2scc(C3=CCN4CCCC4C3)c2c1)c1ccc(F)cc1. The van der Waals surface area contributed by atoms with Gasteiger partial charge >= 0.3 is 0 Å². The monoisotopic (exact) mass is 392 g/mol. The molecular weight excluding hydrogens is 371 g/mol. The second kappa shape index (κ2) is 7.15. The van der Waals surface area contributed by atoms with E-state index in [0.29, 0.717) is 11.6 Å². The van der Waals surface area contributed by atoms with Gasteiger partial charge in [-0.05, 0) is 84.8 Å². The zero-order valence-corrected chi connectivity index (χ0v) is 16.3. The van der Waals surface area contributed by atoms with E-state index in [4.69, 9.17) is 0 Å². The van der Waals surface area contributed by atoms with Crippen molar-refractivity contribution in [3.63, 3.8) is 0 Å². The van der Waals surface area contributed by atoms with Gasteiger partial charge in [-0.2, -0.15) is 0 Å². The number of hydrogen-bond donors (Lipinski definition) is 1. The number of carbonyl (C=O) groups excluding carboxylic acids is 1. The molecule has 1 amide bonds. The molecule has 0 radical (unpaired) electrons. The average molecular weight is 392 g/mol. The Morgan fingerprint density at radius 1 is 1.18 bits per heavy atom. The Labute approximate surface area is 167 Å². The zero-order valence-electron chi connectivity index (χ0n) is 15.5. The first-order chi connectivity index (χ1) is 13.7. The Kier molecular flexibility index (Phi) is 4.49. The van der Waals surface area contributed by atoms with E-state index in [1.165, 1.54) is 64.9 Å². The van der Waals surface area contributed by atoms with E-state index in [2.05, 4.69) is 33.8 Å². The fourth-order valence-corrected chi connectivity index (χ4v) is 5.28. The molecule has 28 heavy (non-hydrogen) atoms. The number of anilines is 1. The lowest BCUT2D eigenvalue weighted by Crippen LogP contribution is -2.32. The van der Waals surface area contributed by atoms with Crippen molar-refractivity contribution < 1.29 is 9.18 Å². The molecule has 0 spiro atoms. The van der Waals surface area contributed by atoms with Crippen LogP contribution < -0.4 is 5.32 Å². The third-order valence-corrected chi connectivity index (χ3v) is 6.77. The van der Waals surface area contributed by atoms with Gasteiger partial charge in [-0.3, -0.25) is 9.69 Å². The Hall–Kier alpha value is -2.50. The van der Waals surface area contributed by atoms with Gasteiger partial charge in [0.2, 0.25) is 0 Å². The molecule has 142 valence electrons. The van der Waals surface area contributed by atoms with Gasteiger partial charge in [0.15, 0.2) is 0 Å². The lowest BCUT2D eigenvalue weighted by Gasteiger charge is -2.29. The number of nitrogens with zero attached hydrogens (tertiary/aromatic N) is 1. The number of nitrogens with one attached hydrogen (secondary N) is 1. The molecule has 1 unspecified atom stereocenters. The summed E-state index contributed by atoms with van der Waals surface area (Å²) in [4.78, 5) is 15.0. The van der Waals surface area contributed by atoms with Gasteiger partial charge in [-0.1, -0.05) is 6.08 Å². The highest BCUT2D eigenvalue weighted by Crippen LogP contribution is 2.38. The van der Waals surface area contributed by atoms with Crippen LogP contribution in [-0.2, 0) is 0 Å². The lowest BCUT2D eigenvalue weighted by atomic mass is 9.94. The molecule has 3 aromatic rings. The molecule has 5 rings (SSSR count). The molecule has 1 fully saturated rings. The summed E-state index contributed by atoms with van der Waals surface area (Å²) in [6, 6.07) is 12.3. The van der Waals surface area contributed by atoms with Crippen molar-refractivity contribution in [3.8, 4) is 0 Å². The van der Waals surface area contributed by atoms with E-state index < -0.39 is 0 Å². The fraction of sp³-hybridized carbons (Fsp3) is 0.261. The van der Waals surface area contributed by atoms with Crippen LogP contribution in [-0.4, -0.2) is 29.9 Å². The highest BCUT2D eigenvalue weighted by molar-refractivity contribution is 7.17. The van der Waals surface area contributed by atoms with Crippen molar-refractivity contribution in [1.82, 2.24) is 4.90 Å². The Morgan fingerprint density at radius 3 is 2.89 bits per heavy atom. The van der Waals surface area contributed by atoms with Crippen LogP contribution in [0.1, 0.15) is 35.2 Å². The molecular formula is C23H21FN2OS. The second-order valence-corrected chi connectivity index (χ2v) is 8.46. The van der Waals surface area contributed by atoms with Crippen molar-refractivity contribution in [2.45, 2.75) is 25.3 Å². The molecule has 3 nitrogen and oxygen atoms in total. The van der Waals surface area contributed by atoms with Crippen molar-refractivity contribution >= 4 is 38.6 Å². The standard InChI is InChI=1S/C23H21FN2OS/c24-17-5-3-15(4-6-17)23(27)25-18-7-8-22-20(13-18)21(14-28-22)16-9-11-26-10-1-2-19(26)12-16/h3-9,13-14,19H,1-2,10-12H2,(H,25,27). The van der Waals surface area contributed by atoms with Gasteiger partial charge in [-0.25, -0.2) is 4.39 Å². The molecule has 1 aromatic heterocycles. The smallest absolute Gasteiger partial charge is 0.255 e. The van der Waals surface area contributed by atoms with Crippen LogP contribution in [0, 0.1) is 5.82 Å². The number of rotatable bonds is 3. The number of thiophene rings is 1. The van der Waals surface area contributed by atoms with Gasteiger partial charge in [-0.15, -0.1) is 11.3 Å². The van der Waals surface area contributed by atoms with Crippen molar-refractivity contribution in [2.75, 3.05) is 18.4 Å². The van der Waals surface area contributed by atoms with Gasteiger partial charge < -0.3 is 5.32 Å². The second-order valence-electron chi connectivity index (χ2n) is 7.55. The molecule has 5 heteroatoms. The van der Waals surface area contributed by atoms with Crippen LogP contribution in [0.15, 0.2) is 53.9 Å². The fourth-order valence-electron chi connectivity index (χ4n) is 4.31. The van der Waals surface area contributed by atoms with E-state index in [1.54, 1.807) is 11.3 Å². The zero-order chi connectivity index (χ0) is 19.1. The first kappa shape index (κ1) is 17.6. The van der Waals surface area contributed by atoms with Crippen LogP contribution in [0.2, 0.25) is 0 Å². The van der Waals surface area contributed by atoms with Crippen LogP contribution in [0.5, 0.6) is 0 Å². The Bertz CT molecular complexity index is 1070. The maximum atomic E-state index is 13.1. The summed E-state index contributed by atoms with van der Waals surface area (Å²) in [7, 11) is 0. The molecule has 3 heterocycles. The minimum atomic E-state index is -0.345. The summed E-state index contributed by atoms with van der Waals surface area (Å²) < 4.78 is 14.3. The number of benzene rings is 2. The van der Waals surface area contributed by atoms with Gasteiger partial charge in [0.1, 0.15) is 5.82 Å². The lowest BCUT2D eigenvalue weighted by molar-refractivity contribution is 0.102. The summed E-state index contributed by atoms with van der Waals surface area (Å²) >= 11 is 1.75. The maximum absolute atomic E-state index is 13.1. The van der Waals surface area contributed by atoms with E-state index >= 15 is 0 Å².